The Kier molecular flexibility index (Phi) is 5.43. The second-order valence-corrected chi connectivity index (χ2v) is 6.97. The summed E-state index contributed by atoms with van der Waals surface area (Å²) in [4.78, 5) is 16.4. The average molecular weight is 426 g/mol. The highest BCUT2D eigenvalue weighted by Crippen LogP contribution is 2.32. The molecule has 6 nitrogen and oxygen atoms in total. The Morgan fingerprint density at radius 2 is 1.74 bits per heavy atom. The molecule has 2 aromatic heterocycles. The number of pyridine rings is 1. The molecule has 1 amide bonds. The molecule has 0 aliphatic heterocycles. The summed E-state index contributed by atoms with van der Waals surface area (Å²) in [7, 11) is 0. The maximum atomic E-state index is 12.6. The van der Waals surface area contributed by atoms with Crippen LogP contribution in [0.3, 0.4) is 0 Å². The van der Waals surface area contributed by atoms with Gasteiger partial charge >= 0.3 is 6.18 Å². The van der Waals surface area contributed by atoms with Crippen LogP contribution in [0, 0.1) is 0 Å². The molecule has 0 bridgehead atoms. The lowest BCUT2D eigenvalue weighted by molar-refractivity contribution is -0.206. The van der Waals surface area contributed by atoms with Crippen LogP contribution in [-0.2, 0) is 11.2 Å². The van der Waals surface area contributed by atoms with E-state index in [1.54, 1.807) is 4.52 Å². The molecule has 0 fully saturated rings. The zero-order valence-electron chi connectivity index (χ0n) is 16.0. The van der Waals surface area contributed by atoms with E-state index in [0.717, 1.165) is 34.5 Å². The zero-order valence-corrected chi connectivity index (χ0v) is 16.0. The van der Waals surface area contributed by atoms with Crippen LogP contribution in [0.4, 0.5) is 18.9 Å². The van der Waals surface area contributed by atoms with Crippen molar-refractivity contribution >= 4 is 17.2 Å². The van der Waals surface area contributed by atoms with Gasteiger partial charge in [0.15, 0.2) is 11.8 Å². The van der Waals surface area contributed by atoms with Crippen LogP contribution in [0.25, 0.3) is 16.8 Å². The first-order valence-corrected chi connectivity index (χ1v) is 9.33. The van der Waals surface area contributed by atoms with Crippen molar-refractivity contribution in [3.8, 4) is 11.1 Å². The monoisotopic (exact) mass is 426 g/mol. The Morgan fingerprint density at radius 3 is 2.42 bits per heavy atom. The summed E-state index contributed by atoms with van der Waals surface area (Å²) in [5.41, 5.74) is 3.52. The first-order chi connectivity index (χ1) is 14.8. The van der Waals surface area contributed by atoms with Gasteiger partial charge in [0.2, 0.25) is 5.91 Å². The minimum absolute atomic E-state index is 0.108. The van der Waals surface area contributed by atoms with Gasteiger partial charge in [-0.25, -0.2) is 9.50 Å². The topological polar surface area (TPSA) is 79.5 Å². The van der Waals surface area contributed by atoms with Gasteiger partial charge in [0.25, 0.3) is 0 Å². The van der Waals surface area contributed by atoms with Gasteiger partial charge in [0.1, 0.15) is 6.33 Å². The fraction of sp³-hybridized carbons (Fsp3) is 0.136. The second kappa shape index (κ2) is 8.19. The zero-order chi connectivity index (χ0) is 22.0. The van der Waals surface area contributed by atoms with Crippen LogP contribution in [-0.4, -0.2) is 31.8 Å². The number of aliphatic hydroxyl groups is 1. The van der Waals surface area contributed by atoms with E-state index in [1.807, 2.05) is 42.6 Å². The van der Waals surface area contributed by atoms with Crippen molar-refractivity contribution in [2.45, 2.75) is 18.7 Å². The van der Waals surface area contributed by atoms with Crippen molar-refractivity contribution in [1.82, 2.24) is 14.6 Å². The number of rotatable bonds is 5. The highest BCUT2D eigenvalue weighted by Gasteiger charge is 2.39. The van der Waals surface area contributed by atoms with Gasteiger partial charge in [0.05, 0.1) is 6.42 Å². The molecule has 158 valence electrons. The smallest absolute Gasteiger partial charge is 0.379 e. The summed E-state index contributed by atoms with van der Waals surface area (Å²) in [5.74, 6) is -0.304. The van der Waals surface area contributed by atoms with Crippen molar-refractivity contribution in [2.24, 2.45) is 0 Å². The quantitative estimate of drug-likeness (QED) is 0.502. The maximum absolute atomic E-state index is 12.6. The van der Waals surface area contributed by atoms with Crippen molar-refractivity contribution in [3.63, 3.8) is 0 Å². The third-order valence-corrected chi connectivity index (χ3v) is 4.75. The van der Waals surface area contributed by atoms with E-state index in [-0.39, 0.29) is 17.9 Å². The predicted molar refractivity (Wildman–Crippen MR) is 108 cm³/mol. The summed E-state index contributed by atoms with van der Waals surface area (Å²) in [6.45, 7) is 0. The highest BCUT2D eigenvalue weighted by molar-refractivity contribution is 5.92. The largest absolute Gasteiger partial charge is 0.418 e. The molecule has 31 heavy (non-hydrogen) atoms. The number of halogens is 3. The molecule has 2 heterocycles. The summed E-state index contributed by atoms with van der Waals surface area (Å²) >= 11 is 0. The third kappa shape index (κ3) is 4.72. The van der Waals surface area contributed by atoms with E-state index in [4.69, 9.17) is 0 Å². The second-order valence-electron chi connectivity index (χ2n) is 6.97. The van der Waals surface area contributed by atoms with Gasteiger partial charge in [-0.05, 0) is 46.5 Å². The molecule has 0 aliphatic rings. The number of amides is 1. The molecule has 0 aliphatic carbocycles. The van der Waals surface area contributed by atoms with Gasteiger partial charge in [0, 0.05) is 11.9 Å². The summed E-state index contributed by atoms with van der Waals surface area (Å²) in [6, 6.07) is 16.2. The Morgan fingerprint density at radius 1 is 1.03 bits per heavy atom. The number of anilines is 1. The Labute approximate surface area is 175 Å². The van der Waals surface area contributed by atoms with Gasteiger partial charge < -0.3 is 10.4 Å². The molecule has 0 spiro atoms. The lowest BCUT2D eigenvalue weighted by Gasteiger charge is -2.15. The molecule has 0 unspecified atom stereocenters. The number of carbonyl (C=O) groups excluding carboxylic acids is 1. The van der Waals surface area contributed by atoms with E-state index in [9.17, 15) is 23.1 Å². The lowest BCUT2D eigenvalue weighted by atomic mass is 10.0. The lowest BCUT2D eigenvalue weighted by Crippen LogP contribution is -2.20. The SMILES string of the molecule is O=C(Cc1ccc(-c2ccn3ncnc3c2)cc1)Nc1ccc([C@@H](O)C(F)(F)F)cc1. The Balaban J connectivity index is 1.38. The summed E-state index contributed by atoms with van der Waals surface area (Å²) in [6.07, 6.45) is -3.89. The predicted octanol–water partition coefficient (Wildman–Crippen LogP) is 4.17. The number of hydrogen-bond donors (Lipinski definition) is 2. The molecule has 0 saturated heterocycles. The normalized spacial score (nSPS) is 12.6. The standard InChI is InChI=1S/C22H17F3N4O2/c23-22(24,25)21(31)16-5-7-18(8-6-16)28-20(30)11-14-1-3-15(4-2-14)17-9-10-29-19(12-17)26-13-27-29/h1-10,12-13,21,31H,11H2,(H,28,30)/t21-/m1/s1. The van der Waals surface area contributed by atoms with E-state index >= 15 is 0 Å². The van der Waals surface area contributed by atoms with E-state index < -0.39 is 12.3 Å². The average Bonchev–Trinajstić information content (AvgIpc) is 3.21. The van der Waals surface area contributed by atoms with Gasteiger partial charge in [-0.1, -0.05) is 36.4 Å². The fourth-order valence-electron chi connectivity index (χ4n) is 3.14. The molecule has 1 atom stereocenters. The molecule has 2 aromatic carbocycles. The van der Waals surface area contributed by atoms with Gasteiger partial charge in [-0.15, -0.1) is 0 Å². The van der Waals surface area contributed by atoms with Crippen molar-refractivity contribution in [1.29, 1.82) is 0 Å². The Hall–Kier alpha value is -3.72. The van der Waals surface area contributed by atoms with Gasteiger partial charge in [-0.3, -0.25) is 4.79 Å². The number of nitrogens with one attached hydrogen (secondary N) is 1. The molecule has 9 heteroatoms. The van der Waals surface area contributed by atoms with E-state index in [2.05, 4.69) is 15.4 Å². The number of benzene rings is 2. The molecule has 4 rings (SSSR count). The number of aliphatic hydroxyl groups excluding tert-OH is 1. The Bertz CT molecular complexity index is 1200. The summed E-state index contributed by atoms with van der Waals surface area (Å²) in [5, 5.41) is 15.9. The van der Waals surface area contributed by atoms with E-state index in [1.165, 1.54) is 18.5 Å². The van der Waals surface area contributed by atoms with Crippen molar-refractivity contribution < 1.29 is 23.1 Å². The van der Waals surface area contributed by atoms with Crippen molar-refractivity contribution in [2.75, 3.05) is 5.32 Å². The minimum atomic E-state index is -4.74. The first-order valence-electron chi connectivity index (χ1n) is 9.33. The van der Waals surface area contributed by atoms with Gasteiger partial charge in [-0.2, -0.15) is 18.3 Å². The number of fused-ring (bicyclic) bond motifs is 1. The molecule has 4 aromatic rings. The van der Waals surface area contributed by atoms with E-state index in [0.29, 0.717) is 5.69 Å². The van der Waals surface area contributed by atoms with Crippen LogP contribution in [0.15, 0.2) is 73.2 Å². The van der Waals surface area contributed by atoms with Crippen LogP contribution in [0.5, 0.6) is 0 Å². The van der Waals surface area contributed by atoms with Crippen LogP contribution >= 0.6 is 0 Å². The number of nitrogens with zero attached hydrogens (tertiary/aromatic N) is 3. The van der Waals surface area contributed by atoms with Crippen LogP contribution < -0.4 is 5.32 Å². The number of hydrogen-bond acceptors (Lipinski definition) is 4. The third-order valence-electron chi connectivity index (χ3n) is 4.75. The van der Waals surface area contributed by atoms with Crippen LogP contribution in [0.2, 0.25) is 0 Å². The fourth-order valence-corrected chi connectivity index (χ4v) is 3.14. The van der Waals surface area contributed by atoms with Crippen LogP contribution in [0.1, 0.15) is 17.2 Å². The molecule has 2 N–H and O–H groups in total. The number of aromatic nitrogens is 3. The minimum Gasteiger partial charge on any atom is -0.379 e. The molecule has 0 radical (unpaired) electrons. The first kappa shape index (κ1) is 20.5. The number of carbonyl (C=O) groups is 1. The number of alkyl halides is 3. The molecular weight excluding hydrogens is 409 g/mol. The summed E-state index contributed by atoms with van der Waals surface area (Å²) < 4.78 is 39.3. The molecular formula is C22H17F3N4O2. The maximum Gasteiger partial charge on any atom is 0.418 e. The van der Waals surface area contributed by atoms with Crippen molar-refractivity contribution in [3.05, 3.63) is 84.3 Å². The molecule has 0 saturated carbocycles. The highest BCUT2D eigenvalue weighted by atomic mass is 19.4.